The molecule has 1 heterocycles. The summed E-state index contributed by atoms with van der Waals surface area (Å²) in [6, 6.07) is 6.73. The second-order valence-corrected chi connectivity index (χ2v) is 6.32. The van der Waals surface area contributed by atoms with Gasteiger partial charge in [0.2, 0.25) is 0 Å². The van der Waals surface area contributed by atoms with Gasteiger partial charge in [-0.05, 0) is 18.6 Å². The topological polar surface area (TPSA) is 59.0 Å². The molecule has 0 aromatic heterocycles. The highest BCUT2D eigenvalue weighted by molar-refractivity contribution is 9.10. The predicted octanol–water partition coefficient (Wildman–Crippen LogP) is 2.31. The molecular weight excluding hydrogens is 338 g/mol. The number of hydrogen-bond acceptors (Lipinski definition) is 4. The molecule has 0 spiro atoms. The molecule has 2 unspecified atom stereocenters. The second-order valence-electron chi connectivity index (χ2n) is 5.46. The lowest BCUT2D eigenvalue weighted by atomic mass is 10.00. The van der Waals surface area contributed by atoms with Crippen molar-refractivity contribution in [1.82, 2.24) is 4.90 Å². The molecule has 2 atom stereocenters. The fourth-order valence-electron chi connectivity index (χ4n) is 2.76. The van der Waals surface area contributed by atoms with Crippen LogP contribution in [0.25, 0.3) is 0 Å². The van der Waals surface area contributed by atoms with E-state index in [1.165, 1.54) is 0 Å². The highest BCUT2D eigenvalue weighted by Crippen LogP contribution is 2.31. The van der Waals surface area contributed by atoms with Crippen molar-refractivity contribution in [2.45, 2.75) is 18.6 Å². The summed E-state index contributed by atoms with van der Waals surface area (Å²) >= 11 is 3.45. The van der Waals surface area contributed by atoms with Crippen molar-refractivity contribution >= 4 is 21.9 Å². The molecule has 0 radical (unpaired) electrons. The van der Waals surface area contributed by atoms with Crippen LogP contribution < -0.4 is 0 Å². The molecule has 1 aliphatic heterocycles. The third-order valence-corrected chi connectivity index (χ3v) is 4.34. The van der Waals surface area contributed by atoms with Crippen molar-refractivity contribution in [2.75, 3.05) is 33.4 Å². The van der Waals surface area contributed by atoms with Gasteiger partial charge in [-0.15, -0.1) is 0 Å². The molecule has 116 valence electrons. The van der Waals surface area contributed by atoms with E-state index in [-0.39, 0.29) is 0 Å². The largest absolute Gasteiger partial charge is 0.480 e. The van der Waals surface area contributed by atoms with Gasteiger partial charge in [0.05, 0.1) is 13.2 Å². The lowest BCUT2D eigenvalue weighted by Gasteiger charge is -2.42. The van der Waals surface area contributed by atoms with Crippen LogP contribution in [0.4, 0.5) is 0 Å². The van der Waals surface area contributed by atoms with Crippen LogP contribution in [0.5, 0.6) is 0 Å². The number of morpholine rings is 1. The third kappa shape index (κ3) is 3.83. The molecular formula is C15H20BrNO4. The van der Waals surface area contributed by atoms with Crippen LogP contribution in [0.3, 0.4) is 0 Å². The smallest absolute Gasteiger partial charge is 0.325 e. The van der Waals surface area contributed by atoms with Gasteiger partial charge in [-0.1, -0.05) is 34.1 Å². The number of ether oxygens (including phenoxy) is 2. The van der Waals surface area contributed by atoms with Gasteiger partial charge in [0.15, 0.2) is 0 Å². The number of carboxylic acids is 1. The van der Waals surface area contributed by atoms with Crippen LogP contribution in [0.1, 0.15) is 18.5 Å². The highest BCUT2D eigenvalue weighted by Gasteiger charge is 2.38. The Morgan fingerprint density at radius 2 is 2.29 bits per heavy atom. The maximum Gasteiger partial charge on any atom is 0.325 e. The molecule has 1 aromatic rings. The van der Waals surface area contributed by atoms with E-state index in [0.29, 0.717) is 26.3 Å². The number of carboxylic acid groups (broad SMARTS) is 1. The normalized spacial score (nSPS) is 24.7. The molecule has 0 saturated carbocycles. The molecule has 21 heavy (non-hydrogen) atoms. The molecule has 5 nitrogen and oxygen atoms in total. The Balaban J connectivity index is 2.27. The standard InChI is InChI=1S/C15H20BrNO4/c1-15(10-20-2)9-17(7-8-21-15)13(14(18)19)11-5-3-4-6-12(11)16/h3-6,13H,7-10H2,1-2H3,(H,18,19). The van der Waals surface area contributed by atoms with E-state index in [9.17, 15) is 9.90 Å². The number of benzene rings is 1. The molecule has 0 amide bonds. The molecule has 1 aliphatic rings. The first-order chi connectivity index (χ1) is 9.97. The Morgan fingerprint density at radius 3 is 2.90 bits per heavy atom. The number of rotatable bonds is 5. The van der Waals surface area contributed by atoms with Crippen LogP contribution in [0, 0.1) is 0 Å². The summed E-state index contributed by atoms with van der Waals surface area (Å²) in [7, 11) is 1.62. The zero-order chi connectivity index (χ0) is 15.5. The number of methoxy groups -OCH3 is 1. The summed E-state index contributed by atoms with van der Waals surface area (Å²) in [5.74, 6) is -0.858. The van der Waals surface area contributed by atoms with E-state index in [0.717, 1.165) is 10.0 Å². The van der Waals surface area contributed by atoms with Crippen molar-refractivity contribution in [3.63, 3.8) is 0 Å². The average Bonchev–Trinajstić information content (AvgIpc) is 2.41. The van der Waals surface area contributed by atoms with Crippen LogP contribution >= 0.6 is 15.9 Å². The van der Waals surface area contributed by atoms with Gasteiger partial charge in [-0.3, -0.25) is 9.69 Å². The lowest BCUT2D eigenvalue weighted by molar-refractivity contribution is -0.158. The number of halogens is 1. The highest BCUT2D eigenvalue weighted by atomic mass is 79.9. The Kier molecular flexibility index (Phi) is 5.37. The first-order valence-electron chi connectivity index (χ1n) is 6.81. The monoisotopic (exact) mass is 357 g/mol. The predicted molar refractivity (Wildman–Crippen MR) is 82.3 cm³/mol. The van der Waals surface area contributed by atoms with Crippen molar-refractivity contribution in [3.8, 4) is 0 Å². The first kappa shape index (κ1) is 16.4. The molecule has 1 saturated heterocycles. The van der Waals surface area contributed by atoms with E-state index in [4.69, 9.17) is 9.47 Å². The van der Waals surface area contributed by atoms with Crippen LogP contribution in [0.2, 0.25) is 0 Å². The molecule has 1 aromatic carbocycles. The summed E-state index contributed by atoms with van der Waals surface area (Å²) in [5, 5.41) is 9.67. The summed E-state index contributed by atoms with van der Waals surface area (Å²) in [6.45, 7) is 3.97. The Bertz CT molecular complexity index is 506. The van der Waals surface area contributed by atoms with Gasteiger partial charge in [-0.2, -0.15) is 0 Å². The van der Waals surface area contributed by atoms with Crippen molar-refractivity contribution in [2.24, 2.45) is 0 Å². The Morgan fingerprint density at radius 1 is 1.57 bits per heavy atom. The SMILES string of the molecule is COCC1(C)CN(C(C(=O)O)c2ccccc2Br)CCO1. The number of carbonyl (C=O) groups is 1. The first-order valence-corrected chi connectivity index (χ1v) is 7.60. The summed E-state index contributed by atoms with van der Waals surface area (Å²) < 4.78 is 11.8. The van der Waals surface area contributed by atoms with Crippen molar-refractivity contribution in [3.05, 3.63) is 34.3 Å². The minimum atomic E-state index is -0.858. The van der Waals surface area contributed by atoms with Gasteiger partial charge in [-0.25, -0.2) is 0 Å². The van der Waals surface area contributed by atoms with Crippen molar-refractivity contribution in [1.29, 1.82) is 0 Å². The Labute approximate surface area is 133 Å². The zero-order valence-corrected chi connectivity index (χ0v) is 13.8. The van der Waals surface area contributed by atoms with Crippen LogP contribution in [-0.4, -0.2) is 55.0 Å². The molecule has 6 heteroatoms. The van der Waals surface area contributed by atoms with Gasteiger partial charge in [0, 0.05) is 24.7 Å². The number of hydrogen-bond donors (Lipinski definition) is 1. The number of nitrogens with zero attached hydrogens (tertiary/aromatic N) is 1. The second kappa shape index (κ2) is 6.87. The van der Waals surface area contributed by atoms with Gasteiger partial charge < -0.3 is 14.6 Å². The maximum absolute atomic E-state index is 11.8. The van der Waals surface area contributed by atoms with Crippen LogP contribution in [-0.2, 0) is 14.3 Å². The minimum Gasteiger partial charge on any atom is -0.480 e. The van der Waals surface area contributed by atoms with E-state index in [1.54, 1.807) is 7.11 Å². The number of aliphatic carboxylic acids is 1. The third-order valence-electron chi connectivity index (χ3n) is 3.62. The molecule has 1 N–H and O–H groups in total. The molecule has 2 rings (SSSR count). The summed E-state index contributed by atoms with van der Waals surface area (Å²) in [6.07, 6.45) is 0. The maximum atomic E-state index is 11.8. The van der Waals surface area contributed by atoms with Gasteiger partial charge in [0.25, 0.3) is 0 Å². The lowest BCUT2D eigenvalue weighted by Crippen LogP contribution is -2.54. The molecule has 0 bridgehead atoms. The quantitative estimate of drug-likeness (QED) is 0.876. The molecule has 1 fully saturated rings. The zero-order valence-electron chi connectivity index (χ0n) is 12.2. The fraction of sp³-hybridized carbons (Fsp3) is 0.533. The fourth-order valence-corrected chi connectivity index (χ4v) is 3.26. The van der Waals surface area contributed by atoms with E-state index < -0.39 is 17.6 Å². The molecule has 0 aliphatic carbocycles. The van der Waals surface area contributed by atoms with Crippen molar-refractivity contribution < 1.29 is 19.4 Å². The summed E-state index contributed by atoms with van der Waals surface area (Å²) in [4.78, 5) is 13.7. The summed E-state index contributed by atoms with van der Waals surface area (Å²) in [5.41, 5.74) is 0.272. The van der Waals surface area contributed by atoms with Gasteiger partial charge in [0.1, 0.15) is 11.6 Å². The minimum absolute atomic E-state index is 0.436. The Hall–Kier alpha value is -0.950. The van der Waals surface area contributed by atoms with Gasteiger partial charge >= 0.3 is 5.97 Å². The van der Waals surface area contributed by atoms with E-state index >= 15 is 0 Å². The van der Waals surface area contributed by atoms with E-state index in [2.05, 4.69) is 15.9 Å². The average molecular weight is 358 g/mol. The van der Waals surface area contributed by atoms with Crippen LogP contribution in [0.15, 0.2) is 28.7 Å². The van der Waals surface area contributed by atoms with E-state index in [1.807, 2.05) is 36.1 Å².